The Morgan fingerprint density at radius 3 is 2.31 bits per heavy atom. The molecule has 0 aliphatic rings. The fourth-order valence-corrected chi connectivity index (χ4v) is 1.37. The Bertz CT molecular complexity index is 175. The van der Waals surface area contributed by atoms with Gasteiger partial charge in [0.2, 0.25) is 0 Å². The highest BCUT2D eigenvalue weighted by atomic mass is 16.3. The largest absolute Gasteiger partial charge is 0.385 e. The third-order valence-corrected chi connectivity index (χ3v) is 2.26. The van der Waals surface area contributed by atoms with Crippen LogP contribution in [0.5, 0.6) is 0 Å². The summed E-state index contributed by atoms with van der Waals surface area (Å²) in [6, 6.07) is 0. The minimum atomic E-state index is -0.931. The van der Waals surface area contributed by atoms with Crippen LogP contribution in [-0.4, -0.2) is 23.3 Å². The minimum Gasteiger partial charge on any atom is -0.385 e. The van der Waals surface area contributed by atoms with Gasteiger partial charge >= 0.3 is 0 Å². The second-order valence-electron chi connectivity index (χ2n) is 3.78. The van der Waals surface area contributed by atoms with Gasteiger partial charge in [0, 0.05) is 6.42 Å². The maximum absolute atomic E-state index is 10.7. The number of rotatable bonds is 6. The van der Waals surface area contributed by atoms with Crippen LogP contribution in [0, 0.1) is 11.8 Å². The first-order chi connectivity index (χ1) is 5.99. The minimum absolute atomic E-state index is 0.0959. The molecule has 0 aliphatic carbocycles. The molecular weight excluding hydrogens is 168 g/mol. The lowest BCUT2D eigenvalue weighted by atomic mass is 9.86. The lowest BCUT2D eigenvalue weighted by Crippen LogP contribution is -2.26. The summed E-state index contributed by atoms with van der Waals surface area (Å²) >= 11 is 0. The Morgan fingerprint density at radius 1 is 1.46 bits per heavy atom. The predicted molar refractivity (Wildman–Crippen MR) is 50.3 cm³/mol. The summed E-state index contributed by atoms with van der Waals surface area (Å²) in [7, 11) is 0. The smallest absolute Gasteiger partial charge is 0.148 e. The van der Waals surface area contributed by atoms with E-state index in [1.165, 1.54) is 6.92 Å². The van der Waals surface area contributed by atoms with E-state index in [2.05, 4.69) is 0 Å². The van der Waals surface area contributed by atoms with Crippen LogP contribution in [0.2, 0.25) is 0 Å². The molecule has 2 atom stereocenters. The van der Waals surface area contributed by atoms with Crippen LogP contribution >= 0.6 is 0 Å². The zero-order chi connectivity index (χ0) is 10.4. The Labute approximate surface area is 79.1 Å². The molecule has 76 valence electrons. The van der Waals surface area contributed by atoms with E-state index in [0.717, 1.165) is 0 Å². The fourth-order valence-electron chi connectivity index (χ4n) is 1.37. The first kappa shape index (κ1) is 12.3. The monoisotopic (exact) mass is 186 g/mol. The molecule has 0 saturated heterocycles. The van der Waals surface area contributed by atoms with Crippen molar-refractivity contribution >= 4 is 12.1 Å². The van der Waals surface area contributed by atoms with Crippen molar-refractivity contribution in [2.24, 2.45) is 11.8 Å². The van der Waals surface area contributed by atoms with Gasteiger partial charge in [0.05, 0.1) is 0 Å². The average Bonchev–Trinajstić information content (AvgIpc) is 2.03. The second kappa shape index (κ2) is 5.86. The summed E-state index contributed by atoms with van der Waals surface area (Å²) in [5.41, 5.74) is 0. The first-order valence-electron chi connectivity index (χ1n) is 4.61. The van der Waals surface area contributed by atoms with E-state index in [9.17, 15) is 14.7 Å². The predicted octanol–water partition coefficient (Wildman–Crippen LogP) is 1.19. The molecule has 3 heteroatoms. The zero-order valence-corrected chi connectivity index (χ0v) is 8.49. The molecule has 0 aliphatic heterocycles. The number of carbonyl (C=O) groups excluding carboxylic acids is 2. The third-order valence-electron chi connectivity index (χ3n) is 2.26. The Balaban J connectivity index is 4.09. The normalized spacial score (nSPS) is 15.5. The van der Waals surface area contributed by atoms with Crippen LogP contribution < -0.4 is 0 Å². The Morgan fingerprint density at radius 2 is 2.00 bits per heavy atom. The fraction of sp³-hybridized carbons (Fsp3) is 0.800. The van der Waals surface area contributed by atoms with E-state index in [1.807, 2.05) is 13.8 Å². The summed E-state index contributed by atoms with van der Waals surface area (Å²) < 4.78 is 0. The van der Waals surface area contributed by atoms with Gasteiger partial charge < -0.3 is 14.7 Å². The molecule has 3 nitrogen and oxygen atoms in total. The van der Waals surface area contributed by atoms with E-state index >= 15 is 0 Å². The first-order valence-corrected chi connectivity index (χ1v) is 4.61. The number of Topliss-reactive ketones (excluding diaryl/α,β-unsaturated/α-hetero) is 1. The molecule has 13 heavy (non-hydrogen) atoms. The van der Waals surface area contributed by atoms with Crippen LogP contribution in [-0.2, 0) is 9.59 Å². The molecule has 2 unspecified atom stereocenters. The Kier molecular flexibility index (Phi) is 5.55. The third kappa shape index (κ3) is 4.78. The number of ketones is 1. The maximum atomic E-state index is 10.7. The molecule has 0 heterocycles. The number of carbonyl (C=O) groups is 2. The van der Waals surface area contributed by atoms with Gasteiger partial charge in [0.1, 0.15) is 18.2 Å². The van der Waals surface area contributed by atoms with E-state index in [-0.39, 0.29) is 17.6 Å². The van der Waals surface area contributed by atoms with Crippen molar-refractivity contribution in [3.63, 3.8) is 0 Å². The highest BCUT2D eigenvalue weighted by Gasteiger charge is 2.21. The average molecular weight is 186 g/mol. The highest BCUT2D eigenvalue weighted by Crippen LogP contribution is 2.20. The Hall–Kier alpha value is -0.700. The number of aliphatic hydroxyl groups is 1. The van der Waals surface area contributed by atoms with Gasteiger partial charge in [-0.1, -0.05) is 13.8 Å². The summed E-state index contributed by atoms with van der Waals surface area (Å²) in [5.74, 6) is 0.227. The summed E-state index contributed by atoms with van der Waals surface area (Å²) in [4.78, 5) is 21.1. The van der Waals surface area contributed by atoms with E-state index < -0.39 is 6.10 Å². The van der Waals surface area contributed by atoms with Gasteiger partial charge in [0.15, 0.2) is 0 Å². The van der Waals surface area contributed by atoms with Gasteiger partial charge in [-0.25, -0.2) is 0 Å². The summed E-state index contributed by atoms with van der Waals surface area (Å²) in [6.45, 7) is 5.40. The molecule has 0 fully saturated rings. The molecule has 0 aromatic carbocycles. The van der Waals surface area contributed by atoms with Gasteiger partial charge in [-0.3, -0.25) is 0 Å². The summed E-state index contributed by atoms with van der Waals surface area (Å²) in [5, 5.41) is 9.32. The number of aliphatic hydroxyl groups excluding tert-OH is 1. The van der Waals surface area contributed by atoms with Gasteiger partial charge in [0.25, 0.3) is 0 Å². The van der Waals surface area contributed by atoms with E-state index in [4.69, 9.17) is 0 Å². The number of hydrogen-bond donors (Lipinski definition) is 1. The molecule has 0 amide bonds. The topological polar surface area (TPSA) is 54.4 Å². The second-order valence-corrected chi connectivity index (χ2v) is 3.78. The van der Waals surface area contributed by atoms with Crippen molar-refractivity contribution in [1.29, 1.82) is 0 Å². The summed E-state index contributed by atoms with van der Waals surface area (Å²) in [6.07, 6.45) is 0.644. The van der Waals surface area contributed by atoms with Crippen molar-refractivity contribution in [3.05, 3.63) is 0 Å². The van der Waals surface area contributed by atoms with Crippen molar-refractivity contribution in [2.75, 3.05) is 0 Å². The molecule has 0 rings (SSSR count). The van der Waals surface area contributed by atoms with Gasteiger partial charge in [-0.05, 0) is 25.2 Å². The standard InChI is InChI=1S/C10H18O3/c1-7(2)9(10(13)6-11)5-4-8(3)12/h6-7,9-10,13H,4-5H2,1-3H3. The molecule has 1 N–H and O–H groups in total. The van der Waals surface area contributed by atoms with Gasteiger partial charge in [-0.15, -0.1) is 0 Å². The highest BCUT2D eigenvalue weighted by molar-refractivity contribution is 5.75. The van der Waals surface area contributed by atoms with E-state index in [1.54, 1.807) is 0 Å². The lowest BCUT2D eigenvalue weighted by molar-refractivity contribution is -0.121. The molecule has 0 aromatic heterocycles. The quantitative estimate of drug-likeness (QED) is 0.634. The van der Waals surface area contributed by atoms with Crippen molar-refractivity contribution < 1.29 is 14.7 Å². The van der Waals surface area contributed by atoms with Crippen molar-refractivity contribution in [3.8, 4) is 0 Å². The molecular formula is C10H18O3. The number of hydrogen-bond acceptors (Lipinski definition) is 3. The van der Waals surface area contributed by atoms with Crippen LogP contribution in [0.1, 0.15) is 33.6 Å². The zero-order valence-electron chi connectivity index (χ0n) is 8.49. The molecule has 0 spiro atoms. The molecule has 0 aromatic rings. The van der Waals surface area contributed by atoms with Crippen molar-refractivity contribution in [1.82, 2.24) is 0 Å². The maximum Gasteiger partial charge on any atom is 0.148 e. The lowest BCUT2D eigenvalue weighted by Gasteiger charge is -2.21. The SMILES string of the molecule is CC(=O)CCC(C(C)C)C(O)C=O. The van der Waals surface area contributed by atoms with E-state index in [0.29, 0.717) is 19.1 Å². The van der Waals surface area contributed by atoms with Crippen LogP contribution in [0.4, 0.5) is 0 Å². The number of aldehydes is 1. The molecule has 0 radical (unpaired) electrons. The van der Waals surface area contributed by atoms with Crippen LogP contribution in [0.15, 0.2) is 0 Å². The van der Waals surface area contributed by atoms with Crippen molar-refractivity contribution in [2.45, 2.75) is 39.7 Å². The van der Waals surface area contributed by atoms with Crippen LogP contribution in [0.25, 0.3) is 0 Å². The van der Waals surface area contributed by atoms with Gasteiger partial charge in [-0.2, -0.15) is 0 Å². The molecule has 0 bridgehead atoms. The molecule has 0 saturated carbocycles. The van der Waals surface area contributed by atoms with Crippen LogP contribution in [0.3, 0.4) is 0 Å².